The van der Waals surface area contributed by atoms with Gasteiger partial charge in [0.15, 0.2) is 17.3 Å². The Labute approximate surface area is 192 Å². The molecule has 1 aliphatic carbocycles. The molecule has 2 atom stereocenters. The number of hydrogen-bond acceptors (Lipinski definition) is 7. The number of carbonyl (C=O) groups is 1. The third kappa shape index (κ3) is 3.35. The molecule has 0 fully saturated rings. The first-order chi connectivity index (χ1) is 16.1. The lowest BCUT2D eigenvalue weighted by Crippen LogP contribution is -2.29. The predicted octanol–water partition coefficient (Wildman–Crippen LogP) is 4.97. The molecule has 170 valence electrons. The number of ketones is 1. The van der Waals surface area contributed by atoms with Crippen molar-refractivity contribution in [3.8, 4) is 17.2 Å². The van der Waals surface area contributed by atoms with Crippen molar-refractivity contribution >= 4 is 11.7 Å². The van der Waals surface area contributed by atoms with E-state index in [1.165, 1.54) is 0 Å². The van der Waals surface area contributed by atoms with E-state index in [9.17, 15) is 4.79 Å². The van der Waals surface area contributed by atoms with E-state index in [1.807, 2.05) is 37.3 Å². The van der Waals surface area contributed by atoms with Gasteiger partial charge >= 0.3 is 0 Å². The Hall–Kier alpha value is -3.74. The van der Waals surface area contributed by atoms with Crippen LogP contribution in [0.5, 0.6) is 17.2 Å². The zero-order chi connectivity index (χ0) is 23.1. The number of nitrogens with one attached hydrogen (secondary N) is 1. The number of carbonyl (C=O) groups excluding carboxylic acids is 1. The second-order valence-corrected chi connectivity index (χ2v) is 8.32. The minimum atomic E-state index is -0.388. The van der Waals surface area contributed by atoms with E-state index in [1.54, 1.807) is 21.3 Å². The van der Waals surface area contributed by atoms with Crippen LogP contribution in [0.15, 0.2) is 58.3 Å². The topological polar surface area (TPSA) is 82.8 Å². The first-order valence-corrected chi connectivity index (χ1v) is 10.9. The van der Waals surface area contributed by atoms with Gasteiger partial charge in [0.25, 0.3) is 0 Å². The number of aryl methyl sites for hydroxylation is 1. The molecule has 2 heterocycles. The van der Waals surface area contributed by atoms with E-state index in [0.29, 0.717) is 36.0 Å². The number of fused-ring (bicyclic) bond motifs is 1. The van der Waals surface area contributed by atoms with Crippen LogP contribution in [0.2, 0.25) is 0 Å². The number of nitrogens with zero attached hydrogens (tertiary/aromatic N) is 1. The van der Waals surface area contributed by atoms with E-state index in [4.69, 9.17) is 18.7 Å². The average Bonchev–Trinajstić information content (AvgIpc) is 3.22. The Balaban J connectivity index is 1.69. The second-order valence-electron chi connectivity index (χ2n) is 8.32. The van der Waals surface area contributed by atoms with E-state index >= 15 is 0 Å². The Bertz CT molecular complexity index is 1250. The standard InChI is InChI=1S/C26H26N2O5/c1-14-21-22(17-10-11-20(30-2)25(32-4)24(17)31-3)23-18(27-26(21)33-28-14)12-16(13-19(23)29)15-8-6-5-7-9-15/h5-11,16,22,27H,12-13H2,1-4H3. The summed E-state index contributed by atoms with van der Waals surface area (Å²) >= 11 is 0. The second kappa shape index (κ2) is 8.31. The van der Waals surface area contributed by atoms with Crippen molar-refractivity contribution < 1.29 is 23.5 Å². The first kappa shape index (κ1) is 21.1. The summed E-state index contributed by atoms with van der Waals surface area (Å²) in [4.78, 5) is 13.7. The van der Waals surface area contributed by atoms with Crippen molar-refractivity contribution in [2.24, 2.45) is 0 Å². The molecule has 33 heavy (non-hydrogen) atoms. The summed E-state index contributed by atoms with van der Waals surface area (Å²) in [5.41, 5.74) is 5.12. The molecular weight excluding hydrogens is 420 g/mol. The monoisotopic (exact) mass is 446 g/mol. The highest BCUT2D eigenvalue weighted by atomic mass is 16.5. The summed E-state index contributed by atoms with van der Waals surface area (Å²) in [7, 11) is 4.75. The summed E-state index contributed by atoms with van der Waals surface area (Å²) < 4.78 is 22.5. The molecule has 2 aliphatic rings. The molecule has 0 saturated heterocycles. The lowest BCUT2D eigenvalue weighted by molar-refractivity contribution is -0.116. The Morgan fingerprint density at radius 1 is 0.970 bits per heavy atom. The number of allylic oxidation sites excluding steroid dienone is 2. The molecular formula is C26H26N2O5. The average molecular weight is 447 g/mol. The van der Waals surface area contributed by atoms with Gasteiger partial charge in [0.1, 0.15) is 0 Å². The number of rotatable bonds is 5. The quantitative estimate of drug-likeness (QED) is 0.593. The van der Waals surface area contributed by atoms with Crippen LogP contribution in [0, 0.1) is 6.92 Å². The summed E-state index contributed by atoms with van der Waals surface area (Å²) in [6.07, 6.45) is 1.15. The van der Waals surface area contributed by atoms with Gasteiger partial charge in [-0.05, 0) is 30.9 Å². The van der Waals surface area contributed by atoms with Crippen LogP contribution in [0.3, 0.4) is 0 Å². The molecule has 0 bridgehead atoms. The number of benzene rings is 2. The molecule has 7 heteroatoms. The van der Waals surface area contributed by atoms with Gasteiger partial charge in [-0.1, -0.05) is 41.6 Å². The molecule has 3 aromatic rings. The summed E-state index contributed by atoms with van der Waals surface area (Å²) in [5.74, 6) is 1.95. The number of hydrogen-bond donors (Lipinski definition) is 1. The summed E-state index contributed by atoms with van der Waals surface area (Å²) in [6.45, 7) is 1.88. The van der Waals surface area contributed by atoms with Crippen molar-refractivity contribution in [2.75, 3.05) is 26.6 Å². The fourth-order valence-corrected chi connectivity index (χ4v) is 5.10. The normalized spacial score (nSPS) is 19.5. The van der Waals surface area contributed by atoms with Gasteiger partial charge in [0.2, 0.25) is 11.6 Å². The molecule has 0 radical (unpaired) electrons. The fraction of sp³-hybridized carbons (Fsp3) is 0.308. The number of anilines is 1. The maximum absolute atomic E-state index is 13.7. The highest BCUT2D eigenvalue weighted by Crippen LogP contribution is 2.53. The van der Waals surface area contributed by atoms with Gasteiger partial charge in [-0.3, -0.25) is 4.79 Å². The van der Waals surface area contributed by atoms with Gasteiger partial charge in [-0.15, -0.1) is 0 Å². The van der Waals surface area contributed by atoms with Crippen LogP contribution in [0.25, 0.3) is 0 Å². The number of ether oxygens (including phenoxy) is 3. The van der Waals surface area contributed by atoms with Crippen molar-refractivity contribution in [1.29, 1.82) is 0 Å². The molecule has 1 N–H and O–H groups in total. The summed E-state index contributed by atoms with van der Waals surface area (Å²) in [6, 6.07) is 13.9. The smallest absolute Gasteiger partial charge is 0.233 e. The number of methoxy groups -OCH3 is 3. The Morgan fingerprint density at radius 2 is 1.73 bits per heavy atom. The van der Waals surface area contributed by atoms with E-state index < -0.39 is 0 Å². The molecule has 5 rings (SSSR count). The summed E-state index contributed by atoms with van der Waals surface area (Å²) in [5, 5.41) is 7.56. The lowest BCUT2D eigenvalue weighted by atomic mass is 9.72. The van der Waals surface area contributed by atoms with Crippen LogP contribution < -0.4 is 19.5 Å². The van der Waals surface area contributed by atoms with Gasteiger partial charge in [0, 0.05) is 23.3 Å². The Kier molecular flexibility index (Phi) is 5.32. The molecule has 2 unspecified atom stereocenters. The van der Waals surface area contributed by atoms with Crippen LogP contribution >= 0.6 is 0 Å². The van der Waals surface area contributed by atoms with E-state index in [2.05, 4.69) is 22.6 Å². The highest BCUT2D eigenvalue weighted by molar-refractivity contribution is 6.01. The largest absolute Gasteiger partial charge is 0.493 e. The SMILES string of the molecule is COc1ccc(C2C3=C(CC(c4ccccc4)CC3=O)Nc3onc(C)c32)c(OC)c1OC. The lowest BCUT2D eigenvalue weighted by Gasteiger charge is -2.35. The minimum Gasteiger partial charge on any atom is -0.493 e. The molecule has 1 aromatic heterocycles. The van der Waals surface area contributed by atoms with Crippen LogP contribution in [-0.4, -0.2) is 32.3 Å². The van der Waals surface area contributed by atoms with Crippen LogP contribution in [0.4, 0.5) is 5.88 Å². The maximum Gasteiger partial charge on any atom is 0.233 e. The first-order valence-electron chi connectivity index (χ1n) is 10.9. The van der Waals surface area contributed by atoms with Gasteiger partial charge < -0.3 is 24.1 Å². The highest BCUT2D eigenvalue weighted by Gasteiger charge is 2.42. The van der Waals surface area contributed by atoms with Crippen molar-refractivity contribution in [3.63, 3.8) is 0 Å². The minimum absolute atomic E-state index is 0.100. The van der Waals surface area contributed by atoms with E-state index in [-0.39, 0.29) is 17.6 Å². The predicted molar refractivity (Wildman–Crippen MR) is 123 cm³/mol. The van der Waals surface area contributed by atoms with E-state index in [0.717, 1.165) is 33.7 Å². The number of aromatic nitrogens is 1. The molecule has 0 amide bonds. The third-order valence-corrected chi connectivity index (χ3v) is 6.57. The zero-order valence-corrected chi connectivity index (χ0v) is 19.1. The van der Waals surface area contributed by atoms with Gasteiger partial charge in [0.05, 0.1) is 38.5 Å². The number of Topliss-reactive ketones (excluding diaryl/α,β-unsaturated/α-hetero) is 1. The molecule has 1 aliphatic heterocycles. The maximum atomic E-state index is 13.7. The van der Waals surface area contributed by atoms with Crippen molar-refractivity contribution in [1.82, 2.24) is 5.16 Å². The molecule has 0 saturated carbocycles. The fourth-order valence-electron chi connectivity index (χ4n) is 5.10. The molecule has 0 spiro atoms. The van der Waals surface area contributed by atoms with Crippen LogP contribution in [0.1, 0.15) is 47.1 Å². The zero-order valence-electron chi connectivity index (χ0n) is 19.1. The van der Waals surface area contributed by atoms with Gasteiger partial charge in [-0.2, -0.15) is 0 Å². The van der Waals surface area contributed by atoms with Crippen molar-refractivity contribution in [2.45, 2.75) is 31.6 Å². The molecule has 2 aromatic carbocycles. The Morgan fingerprint density at radius 3 is 2.42 bits per heavy atom. The van der Waals surface area contributed by atoms with Crippen LogP contribution in [-0.2, 0) is 4.79 Å². The molecule has 7 nitrogen and oxygen atoms in total. The third-order valence-electron chi connectivity index (χ3n) is 6.57. The van der Waals surface area contributed by atoms with Gasteiger partial charge in [-0.25, -0.2) is 0 Å². The van der Waals surface area contributed by atoms with Crippen molar-refractivity contribution in [3.05, 3.63) is 76.1 Å².